The lowest BCUT2D eigenvalue weighted by Gasteiger charge is -2.25. The first-order valence-corrected chi connectivity index (χ1v) is 8.96. The molecule has 22 heavy (non-hydrogen) atoms. The van der Waals surface area contributed by atoms with Crippen LogP contribution in [0.15, 0.2) is 4.99 Å². The molecule has 0 atom stereocenters. The predicted molar refractivity (Wildman–Crippen MR) is 88.9 cm³/mol. The average Bonchev–Trinajstić information content (AvgIpc) is 3.06. The van der Waals surface area contributed by atoms with E-state index in [9.17, 15) is 4.79 Å². The predicted octanol–water partition coefficient (Wildman–Crippen LogP) is 1.89. The monoisotopic (exact) mass is 306 g/mol. The SMILES string of the molecule is CN=C(NCCCC(=O)NC1CC1)N1CCC2(CCCC2)C1. The van der Waals surface area contributed by atoms with Crippen LogP contribution in [0.1, 0.15) is 57.8 Å². The van der Waals surface area contributed by atoms with E-state index in [1.54, 1.807) is 0 Å². The summed E-state index contributed by atoms with van der Waals surface area (Å²) in [6, 6.07) is 0.473. The van der Waals surface area contributed by atoms with Gasteiger partial charge in [-0.1, -0.05) is 12.8 Å². The Morgan fingerprint density at radius 3 is 2.73 bits per heavy atom. The molecule has 0 aromatic carbocycles. The third kappa shape index (κ3) is 3.93. The Morgan fingerprint density at radius 1 is 1.27 bits per heavy atom. The van der Waals surface area contributed by atoms with Crippen molar-refractivity contribution in [3.63, 3.8) is 0 Å². The van der Waals surface area contributed by atoms with Gasteiger partial charge in [-0.15, -0.1) is 0 Å². The van der Waals surface area contributed by atoms with Crippen LogP contribution in [0.3, 0.4) is 0 Å². The highest BCUT2D eigenvalue weighted by atomic mass is 16.1. The molecule has 2 N–H and O–H groups in total. The molecule has 0 radical (unpaired) electrons. The fourth-order valence-electron chi connectivity index (χ4n) is 3.96. The van der Waals surface area contributed by atoms with Crippen molar-refractivity contribution in [3.05, 3.63) is 0 Å². The summed E-state index contributed by atoms with van der Waals surface area (Å²) in [4.78, 5) is 18.5. The largest absolute Gasteiger partial charge is 0.356 e. The van der Waals surface area contributed by atoms with Gasteiger partial charge in [0.1, 0.15) is 0 Å². The first-order valence-electron chi connectivity index (χ1n) is 8.96. The van der Waals surface area contributed by atoms with Crippen LogP contribution in [0, 0.1) is 5.41 Å². The van der Waals surface area contributed by atoms with Crippen molar-refractivity contribution in [1.29, 1.82) is 0 Å². The molecule has 0 unspecified atom stereocenters. The topological polar surface area (TPSA) is 56.7 Å². The second-order valence-corrected chi connectivity index (χ2v) is 7.30. The van der Waals surface area contributed by atoms with Crippen molar-refractivity contribution in [2.75, 3.05) is 26.7 Å². The minimum atomic E-state index is 0.199. The Bertz CT molecular complexity index is 424. The number of hydrogen-bond acceptors (Lipinski definition) is 2. The Morgan fingerprint density at radius 2 is 2.05 bits per heavy atom. The third-order valence-electron chi connectivity index (χ3n) is 5.42. The molecule has 0 bridgehead atoms. The van der Waals surface area contributed by atoms with E-state index in [1.807, 2.05) is 7.05 Å². The van der Waals surface area contributed by atoms with Crippen molar-refractivity contribution in [3.8, 4) is 0 Å². The van der Waals surface area contributed by atoms with Crippen molar-refractivity contribution in [2.24, 2.45) is 10.4 Å². The van der Waals surface area contributed by atoms with Gasteiger partial charge in [-0.25, -0.2) is 0 Å². The number of carbonyl (C=O) groups is 1. The van der Waals surface area contributed by atoms with Gasteiger partial charge >= 0.3 is 0 Å². The van der Waals surface area contributed by atoms with Gasteiger partial charge in [0.25, 0.3) is 0 Å². The summed E-state index contributed by atoms with van der Waals surface area (Å²) in [6.45, 7) is 3.12. The van der Waals surface area contributed by atoms with Crippen LogP contribution < -0.4 is 10.6 Å². The van der Waals surface area contributed by atoms with Gasteiger partial charge in [0.2, 0.25) is 5.91 Å². The Labute approximate surface area is 133 Å². The Hall–Kier alpha value is -1.26. The molecular formula is C17H30N4O. The maximum absolute atomic E-state index is 11.7. The van der Waals surface area contributed by atoms with E-state index < -0.39 is 0 Å². The molecule has 3 rings (SSSR count). The van der Waals surface area contributed by atoms with Crippen molar-refractivity contribution >= 4 is 11.9 Å². The van der Waals surface area contributed by atoms with Crippen LogP contribution in [0.2, 0.25) is 0 Å². The molecule has 2 aliphatic carbocycles. The fraction of sp³-hybridized carbons (Fsp3) is 0.882. The van der Waals surface area contributed by atoms with E-state index in [2.05, 4.69) is 20.5 Å². The van der Waals surface area contributed by atoms with Crippen LogP contribution >= 0.6 is 0 Å². The number of hydrogen-bond donors (Lipinski definition) is 2. The second-order valence-electron chi connectivity index (χ2n) is 7.30. The summed E-state index contributed by atoms with van der Waals surface area (Å²) >= 11 is 0. The quantitative estimate of drug-likeness (QED) is 0.463. The van der Waals surface area contributed by atoms with Gasteiger partial charge in [0, 0.05) is 39.1 Å². The lowest BCUT2D eigenvalue weighted by molar-refractivity contribution is -0.121. The molecule has 0 aromatic rings. The van der Waals surface area contributed by atoms with E-state index in [1.165, 1.54) is 32.1 Å². The number of nitrogens with one attached hydrogen (secondary N) is 2. The van der Waals surface area contributed by atoms with Gasteiger partial charge in [-0.3, -0.25) is 9.79 Å². The van der Waals surface area contributed by atoms with E-state index >= 15 is 0 Å². The third-order valence-corrected chi connectivity index (χ3v) is 5.42. The molecule has 5 heteroatoms. The molecular weight excluding hydrogens is 276 g/mol. The summed E-state index contributed by atoms with van der Waals surface area (Å²) in [5.41, 5.74) is 0.571. The first-order chi connectivity index (χ1) is 10.7. The molecule has 3 aliphatic rings. The van der Waals surface area contributed by atoms with Crippen LogP contribution in [-0.2, 0) is 4.79 Å². The van der Waals surface area contributed by atoms with Crippen LogP contribution in [-0.4, -0.2) is 49.5 Å². The van der Waals surface area contributed by atoms with Crippen LogP contribution in [0.4, 0.5) is 0 Å². The molecule has 0 aromatic heterocycles. The normalized spacial score (nSPS) is 24.0. The lowest BCUT2D eigenvalue weighted by Crippen LogP contribution is -2.41. The van der Waals surface area contributed by atoms with Crippen molar-refractivity contribution in [2.45, 2.75) is 63.8 Å². The summed E-state index contributed by atoms with van der Waals surface area (Å²) in [7, 11) is 1.86. The van der Waals surface area contributed by atoms with E-state index in [0.29, 0.717) is 17.9 Å². The molecule has 3 fully saturated rings. The summed E-state index contributed by atoms with van der Waals surface area (Å²) in [5.74, 6) is 1.22. The minimum Gasteiger partial charge on any atom is -0.356 e. The van der Waals surface area contributed by atoms with E-state index in [0.717, 1.165) is 44.9 Å². The number of rotatable bonds is 5. The number of likely N-dealkylation sites (tertiary alicyclic amines) is 1. The number of carbonyl (C=O) groups excluding carboxylic acids is 1. The highest BCUT2D eigenvalue weighted by Crippen LogP contribution is 2.45. The minimum absolute atomic E-state index is 0.199. The highest BCUT2D eigenvalue weighted by Gasteiger charge is 2.40. The van der Waals surface area contributed by atoms with Gasteiger partial charge in [0.05, 0.1) is 0 Å². The fourth-order valence-corrected chi connectivity index (χ4v) is 3.96. The smallest absolute Gasteiger partial charge is 0.220 e. The molecule has 5 nitrogen and oxygen atoms in total. The van der Waals surface area contributed by atoms with E-state index in [-0.39, 0.29) is 5.91 Å². The molecule has 1 spiro atoms. The zero-order valence-electron chi connectivity index (χ0n) is 13.9. The van der Waals surface area contributed by atoms with Gasteiger partial charge in [0.15, 0.2) is 5.96 Å². The standard InChI is InChI=1S/C17H30N4O/c1-18-16(19-11-4-5-15(22)20-14-6-7-14)21-12-10-17(13-21)8-2-3-9-17/h14H,2-13H2,1H3,(H,18,19)(H,20,22). The van der Waals surface area contributed by atoms with Gasteiger partial charge in [-0.05, 0) is 43.9 Å². The molecule has 1 heterocycles. The van der Waals surface area contributed by atoms with Gasteiger partial charge < -0.3 is 15.5 Å². The van der Waals surface area contributed by atoms with Crippen molar-refractivity contribution < 1.29 is 4.79 Å². The zero-order valence-corrected chi connectivity index (χ0v) is 13.9. The maximum atomic E-state index is 11.7. The van der Waals surface area contributed by atoms with E-state index in [4.69, 9.17) is 0 Å². The highest BCUT2D eigenvalue weighted by molar-refractivity contribution is 5.80. The second kappa shape index (κ2) is 6.88. The molecule has 124 valence electrons. The summed E-state index contributed by atoms with van der Waals surface area (Å²) in [5, 5.41) is 6.47. The summed E-state index contributed by atoms with van der Waals surface area (Å²) < 4.78 is 0. The number of aliphatic imine (C=N–C) groups is 1. The first kappa shape index (κ1) is 15.6. The zero-order chi connectivity index (χ0) is 15.4. The maximum Gasteiger partial charge on any atom is 0.220 e. The van der Waals surface area contributed by atoms with Crippen molar-refractivity contribution in [1.82, 2.24) is 15.5 Å². The molecule has 2 saturated carbocycles. The Kier molecular flexibility index (Phi) is 4.89. The van der Waals surface area contributed by atoms with Gasteiger partial charge in [-0.2, -0.15) is 0 Å². The number of guanidine groups is 1. The van der Waals surface area contributed by atoms with Crippen LogP contribution in [0.25, 0.3) is 0 Å². The molecule has 1 saturated heterocycles. The average molecular weight is 306 g/mol. The lowest BCUT2D eigenvalue weighted by atomic mass is 9.86. The number of amides is 1. The Balaban J connectivity index is 1.36. The number of nitrogens with zero attached hydrogens (tertiary/aromatic N) is 2. The van der Waals surface area contributed by atoms with Crippen LogP contribution in [0.5, 0.6) is 0 Å². The molecule has 1 amide bonds. The molecule has 1 aliphatic heterocycles. The summed E-state index contributed by atoms with van der Waals surface area (Å²) in [6.07, 6.45) is 10.7.